The van der Waals surface area contributed by atoms with E-state index in [1.165, 1.54) is 48.6 Å². The molecule has 0 radical (unpaired) electrons. The van der Waals surface area contributed by atoms with E-state index in [2.05, 4.69) is 0 Å². The summed E-state index contributed by atoms with van der Waals surface area (Å²) < 4.78 is 69.7. The van der Waals surface area contributed by atoms with Crippen LogP contribution >= 0.6 is 0 Å². The molecule has 0 saturated carbocycles. The highest BCUT2D eigenvalue weighted by Crippen LogP contribution is 2.28. The molecule has 36 heavy (non-hydrogen) atoms. The molecule has 0 aliphatic rings. The highest BCUT2D eigenvalue weighted by Gasteiger charge is 2.24. The van der Waals surface area contributed by atoms with E-state index in [0.717, 1.165) is 12.1 Å². The lowest BCUT2D eigenvalue weighted by Gasteiger charge is -2.23. The molecule has 1 heterocycles. The van der Waals surface area contributed by atoms with Gasteiger partial charge in [0, 0.05) is 5.56 Å². The number of ether oxygens (including phenoxy) is 1. The molecule has 3 aromatic carbocycles. The molecule has 1 aromatic heterocycles. The average molecular weight is 514 g/mol. The van der Waals surface area contributed by atoms with Crippen molar-refractivity contribution in [2.45, 2.75) is 18.0 Å². The Hall–Kier alpha value is -4.18. The Labute approximate surface area is 206 Å². The number of methoxy groups -OCH3 is 1. The van der Waals surface area contributed by atoms with E-state index in [0.29, 0.717) is 11.3 Å². The molecule has 7 nitrogen and oxygen atoms in total. The first kappa shape index (κ1) is 24.9. The van der Waals surface area contributed by atoms with Gasteiger partial charge in [0.25, 0.3) is 5.91 Å². The largest absolute Gasteiger partial charge is 0.494 e. The summed E-state index contributed by atoms with van der Waals surface area (Å²) in [5, 5.41) is 0. The van der Waals surface area contributed by atoms with Crippen molar-refractivity contribution in [3.05, 3.63) is 114 Å². The van der Waals surface area contributed by atoms with Crippen molar-refractivity contribution in [1.82, 2.24) is 4.90 Å². The summed E-state index contributed by atoms with van der Waals surface area (Å²) in [5.41, 5.74) is 0.176. The van der Waals surface area contributed by atoms with Gasteiger partial charge in [-0.2, -0.15) is 8.42 Å². The van der Waals surface area contributed by atoms with Crippen LogP contribution in [0.25, 0.3) is 0 Å². The van der Waals surface area contributed by atoms with Crippen molar-refractivity contribution in [3.8, 4) is 11.5 Å². The summed E-state index contributed by atoms with van der Waals surface area (Å²) in [6, 6.07) is 18.2. The van der Waals surface area contributed by atoms with Gasteiger partial charge in [0.05, 0.1) is 32.0 Å². The zero-order valence-corrected chi connectivity index (χ0v) is 19.9. The van der Waals surface area contributed by atoms with Crippen LogP contribution in [0.15, 0.2) is 94.4 Å². The highest BCUT2D eigenvalue weighted by atomic mass is 32.2. The number of furan rings is 1. The topological polar surface area (TPSA) is 86.1 Å². The Bertz CT molecular complexity index is 1470. The maximum Gasteiger partial charge on any atom is 0.339 e. The first-order valence-electron chi connectivity index (χ1n) is 10.7. The van der Waals surface area contributed by atoms with Crippen molar-refractivity contribution in [2.75, 3.05) is 7.11 Å². The summed E-state index contributed by atoms with van der Waals surface area (Å²) in [6.07, 6.45) is 1.44. The maximum absolute atomic E-state index is 14.4. The molecule has 0 fully saturated rings. The fourth-order valence-electron chi connectivity index (χ4n) is 3.49. The Balaban J connectivity index is 1.65. The van der Waals surface area contributed by atoms with Crippen molar-refractivity contribution in [3.63, 3.8) is 0 Å². The van der Waals surface area contributed by atoms with E-state index in [1.54, 1.807) is 36.4 Å². The van der Waals surface area contributed by atoms with E-state index in [9.17, 15) is 22.0 Å². The smallest absolute Gasteiger partial charge is 0.339 e. The summed E-state index contributed by atoms with van der Waals surface area (Å²) in [5.74, 6) is -1.93. The molecule has 0 bridgehead atoms. The fraction of sp³-hybridized carbons (Fsp3) is 0.115. The molecule has 0 spiro atoms. The number of benzene rings is 3. The van der Waals surface area contributed by atoms with Gasteiger partial charge in [0.1, 0.15) is 22.2 Å². The summed E-state index contributed by atoms with van der Waals surface area (Å²) in [4.78, 5) is 14.1. The molecule has 0 aliphatic carbocycles. The van der Waals surface area contributed by atoms with Gasteiger partial charge in [-0.25, -0.2) is 8.78 Å². The number of carbonyl (C=O) groups excluding carboxylic acids is 1. The van der Waals surface area contributed by atoms with Gasteiger partial charge in [0.15, 0.2) is 11.6 Å². The van der Waals surface area contributed by atoms with Crippen LogP contribution in [0.1, 0.15) is 21.7 Å². The SMILES string of the molecule is COc1ccc(S(=O)(=O)Oc2ccccc2CN(Cc2ccco2)C(=O)c2ccccc2F)cc1F. The third-order valence-electron chi connectivity index (χ3n) is 5.26. The molecular weight excluding hydrogens is 492 g/mol. The fourth-order valence-corrected chi connectivity index (χ4v) is 4.46. The van der Waals surface area contributed by atoms with Gasteiger partial charge in [-0.3, -0.25) is 4.79 Å². The summed E-state index contributed by atoms with van der Waals surface area (Å²) in [7, 11) is -3.17. The lowest BCUT2D eigenvalue weighted by molar-refractivity contribution is 0.0712. The maximum atomic E-state index is 14.4. The van der Waals surface area contributed by atoms with Crippen LogP contribution in [-0.2, 0) is 23.2 Å². The molecule has 4 aromatic rings. The lowest BCUT2D eigenvalue weighted by atomic mass is 10.1. The van der Waals surface area contributed by atoms with E-state index < -0.39 is 32.6 Å². The van der Waals surface area contributed by atoms with Crippen molar-refractivity contribution in [1.29, 1.82) is 0 Å². The normalized spacial score (nSPS) is 11.2. The number of hydrogen-bond acceptors (Lipinski definition) is 6. The Kier molecular flexibility index (Phi) is 7.35. The third kappa shape index (κ3) is 5.55. The predicted molar refractivity (Wildman–Crippen MR) is 126 cm³/mol. The van der Waals surface area contributed by atoms with Crippen molar-refractivity contribution >= 4 is 16.0 Å². The van der Waals surface area contributed by atoms with Crippen LogP contribution in [0.5, 0.6) is 11.5 Å². The molecule has 0 aliphatic heterocycles. The second-order valence-electron chi connectivity index (χ2n) is 7.66. The summed E-state index contributed by atoms with van der Waals surface area (Å²) >= 11 is 0. The molecule has 0 saturated heterocycles. The minimum atomic E-state index is -4.43. The minimum absolute atomic E-state index is 0.00899. The number of hydrogen-bond donors (Lipinski definition) is 0. The van der Waals surface area contributed by atoms with E-state index in [4.69, 9.17) is 13.3 Å². The number of para-hydroxylation sites is 1. The highest BCUT2D eigenvalue weighted by molar-refractivity contribution is 7.87. The second-order valence-corrected chi connectivity index (χ2v) is 9.21. The van der Waals surface area contributed by atoms with Crippen LogP contribution in [0.3, 0.4) is 0 Å². The number of rotatable bonds is 9. The number of amides is 1. The monoisotopic (exact) mass is 513 g/mol. The number of nitrogens with zero attached hydrogens (tertiary/aromatic N) is 1. The molecule has 4 rings (SSSR count). The van der Waals surface area contributed by atoms with Crippen molar-refractivity contribution < 1.29 is 35.3 Å². The third-order valence-corrected chi connectivity index (χ3v) is 6.49. The van der Waals surface area contributed by atoms with Crippen LogP contribution in [-0.4, -0.2) is 26.3 Å². The minimum Gasteiger partial charge on any atom is -0.494 e. The zero-order valence-electron chi connectivity index (χ0n) is 19.1. The van der Waals surface area contributed by atoms with E-state index in [-0.39, 0.29) is 30.2 Å². The predicted octanol–water partition coefficient (Wildman–Crippen LogP) is 5.18. The molecule has 1 amide bonds. The molecular formula is C26H21F2NO6S. The van der Waals surface area contributed by atoms with Crippen LogP contribution in [0, 0.1) is 11.6 Å². The number of halogens is 2. The molecule has 10 heteroatoms. The van der Waals surface area contributed by atoms with Gasteiger partial charge in [0.2, 0.25) is 0 Å². The van der Waals surface area contributed by atoms with Gasteiger partial charge < -0.3 is 18.2 Å². The first-order chi connectivity index (χ1) is 17.3. The standard InChI is InChI=1S/C26H21F2NO6S/c1-33-25-13-12-20(15-23(25)28)36(31,32)35-24-11-5-2-7-18(24)16-29(17-19-8-6-14-34-19)26(30)21-9-3-4-10-22(21)27/h2-15H,16-17H2,1H3. The first-order valence-corrected chi connectivity index (χ1v) is 12.1. The molecule has 0 atom stereocenters. The number of carbonyl (C=O) groups is 1. The zero-order chi connectivity index (χ0) is 25.7. The summed E-state index contributed by atoms with van der Waals surface area (Å²) in [6.45, 7) is -0.137. The quantitative estimate of drug-likeness (QED) is 0.287. The average Bonchev–Trinajstić information content (AvgIpc) is 3.37. The second kappa shape index (κ2) is 10.6. The van der Waals surface area contributed by atoms with Gasteiger partial charge in [-0.15, -0.1) is 0 Å². The van der Waals surface area contributed by atoms with Crippen molar-refractivity contribution in [2.24, 2.45) is 0 Å². The Morgan fingerprint density at radius 3 is 2.33 bits per heavy atom. The Morgan fingerprint density at radius 2 is 1.64 bits per heavy atom. The van der Waals surface area contributed by atoms with Crippen LogP contribution in [0.4, 0.5) is 8.78 Å². The molecule has 186 valence electrons. The molecule has 0 N–H and O–H groups in total. The van der Waals surface area contributed by atoms with Crippen LogP contribution in [0.2, 0.25) is 0 Å². The molecule has 0 unspecified atom stereocenters. The van der Waals surface area contributed by atoms with Gasteiger partial charge in [-0.05, 0) is 48.5 Å². The van der Waals surface area contributed by atoms with Crippen LogP contribution < -0.4 is 8.92 Å². The van der Waals surface area contributed by atoms with Gasteiger partial charge >= 0.3 is 10.1 Å². The van der Waals surface area contributed by atoms with E-state index >= 15 is 0 Å². The van der Waals surface area contributed by atoms with E-state index in [1.807, 2.05) is 0 Å². The Morgan fingerprint density at radius 1 is 0.889 bits per heavy atom. The lowest BCUT2D eigenvalue weighted by Crippen LogP contribution is -2.31. The van der Waals surface area contributed by atoms with Gasteiger partial charge in [-0.1, -0.05) is 30.3 Å².